The van der Waals surface area contributed by atoms with Crippen LogP contribution in [0.1, 0.15) is 22.3 Å². The summed E-state index contributed by atoms with van der Waals surface area (Å²) in [6, 6.07) is 22.0. The van der Waals surface area contributed by atoms with Crippen LogP contribution in [0.3, 0.4) is 0 Å². The third-order valence-corrected chi connectivity index (χ3v) is 5.61. The summed E-state index contributed by atoms with van der Waals surface area (Å²) >= 11 is 0. The van der Waals surface area contributed by atoms with E-state index in [1.165, 1.54) is 0 Å². The fourth-order valence-electron chi connectivity index (χ4n) is 3.87. The number of amides is 3. The predicted molar refractivity (Wildman–Crippen MR) is 128 cm³/mol. The molecule has 4 rings (SSSR count). The van der Waals surface area contributed by atoms with Gasteiger partial charge in [-0.1, -0.05) is 30.3 Å². The molecular weight excluding hydrogens is 418 g/mol. The third-order valence-electron chi connectivity index (χ3n) is 5.61. The standard InChI is InChI=1S/C26H27N3O4/c1-32-22-12-9-19(10-13-22)18-28-15-6-16-29(26(28)31)23-17-21(11-14-24(23)33-2)27-25(30)20-7-4-3-5-8-20/h3-5,7-14,17H,6,15-16,18H2,1-2H3,(H,27,30). The Labute approximate surface area is 193 Å². The molecule has 0 atom stereocenters. The molecule has 0 aliphatic carbocycles. The molecule has 1 fully saturated rings. The zero-order chi connectivity index (χ0) is 23.2. The number of carbonyl (C=O) groups excluding carboxylic acids is 2. The Morgan fingerprint density at radius 1 is 0.939 bits per heavy atom. The van der Waals surface area contributed by atoms with Gasteiger partial charge in [-0.05, 0) is 54.4 Å². The Balaban J connectivity index is 1.54. The second kappa shape index (κ2) is 10.1. The van der Waals surface area contributed by atoms with E-state index in [0.717, 1.165) is 17.7 Å². The highest BCUT2D eigenvalue weighted by atomic mass is 16.5. The van der Waals surface area contributed by atoms with Crippen LogP contribution in [0.25, 0.3) is 0 Å². The van der Waals surface area contributed by atoms with Crippen molar-refractivity contribution in [2.45, 2.75) is 13.0 Å². The van der Waals surface area contributed by atoms with Gasteiger partial charge in [0, 0.05) is 30.9 Å². The van der Waals surface area contributed by atoms with E-state index >= 15 is 0 Å². The van der Waals surface area contributed by atoms with Gasteiger partial charge in [-0.25, -0.2) is 4.79 Å². The highest BCUT2D eigenvalue weighted by Crippen LogP contribution is 2.34. The summed E-state index contributed by atoms with van der Waals surface area (Å²) in [4.78, 5) is 29.5. The number of ether oxygens (including phenoxy) is 2. The fourth-order valence-corrected chi connectivity index (χ4v) is 3.87. The van der Waals surface area contributed by atoms with Crippen LogP contribution in [0.5, 0.6) is 11.5 Å². The van der Waals surface area contributed by atoms with Gasteiger partial charge in [0.25, 0.3) is 5.91 Å². The molecule has 0 aromatic heterocycles. The maximum absolute atomic E-state index is 13.4. The van der Waals surface area contributed by atoms with Crippen LogP contribution in [-0.2, 0) is 6.54 Å². The quantitative estimate of drug-likeness (QED) is 0.568. The molecule has 7 heteroatoms. The number of benzene rings is 3. The van der Waals surface area contributed by atoms with Crippen LogP contribution in [-0.4, -0.2) is 44.1 Å². The third kappa shape index (κ3) is 5.09. The number of nitrogens with zero attached hydrogens (tertiary/aromatic N) is 2. The molecule has 1 aliphatic rings. The van der Waals surface area contributed by atoms with Gasteiger partial charge < -0.3 is 19.7 Å². The van der Waals surface area contributed by atoms with Crippen LogP contribution in [0.15, 0.2) is 72.8 Å². The zero-order valence-electron chi connectivity index (χ0n) is 18.8. The maximum Gasteiger partial charge on any atom is 0.324 e. The molecule has 1 heterocycles. The molecule has 0 spiro atoms. The first-order valence-corrected chi connectivity index (χ1v) is 10.8. The van der Waals surface area contributed by atoms with E-state index in [4.69, 9.17) is 9.47 Å². The highest BCUT2D eigenvalue weighted by Gasteiger charge is 2.29. The summed E-state index contributed by atoms with van der Waals surface area (Å²) in [5, 5.41) is 2.91. The predicted octanol–water partition coefficient (Wildman–Crippen LogP) is 4.79. The monoisotopic (exact) mass is 445 g/mol. The average Bonchev–Trinajstić information content (AvgIpc) is 2.86. The number of anilines is 2. The molecule has 1 saturated heterocycles. The fraction of sp³-hybridized carbons (Fsp3) is 0.231. The van der Waals surface area contributed by atoms with Crippen LogP contribution in [0.4, 0.5) is 16.2 Å². The van der Waals surface area contributed by atoms with E-state index in [2.05, 4.69) is 5.32 Å². The minimum absolute atomic E-state index is 0.0955. The van der Waals surface area contributed by atoms with Crippen molar-refractivity contribution in [1.29, 1.82) is 0 Å². The van der Waals surface area contributed by atoms with Crippen molar-refractivity contribution in [1.82, 2.24) is 4.90 Å². The van der Waals surface area contributed by atoms with Crippen molar-refractivity contribution in [3.63, 3.8) is 0 Å². The Bertz CT molecular complexity index is 1120. The van der Waals surface area contributed by atoms with Crippen LogP contribution < -0.4 is 19.7 Å². The summed E-state index contributed by atoms with van der Waals surface area (Å²) < 4.78 is 10.7. The van der Waals surface area contributed by atoms with Gasteiger partial charge in [0.1, 0.15) is 11.5 Å². The molecule has 0 saturated carbocycles. The summed E-state index contributed by atoms with van der Waals surface area (Å²) in [6.45, 7) is 1.75. The lowest BCUT2D eigenvalue weighted by atomic mass is 10.1. The molecule has 170 valence electrons. The van der Waals surface area contributed by atoms with E-state index < -0.39 is 0 Å². The van der Waals surface area contributed by atoms with E-state index in [1.807, 2.05) is 47.4 Å². The lowest BCUT2D eigenvalue weighted by Gasteiger charge is -2.36. The lowest BCUT2D eigenvalue weighted by Crippen LogP contribution is -2.49. The van der Waals surface area contributed by atoms with Crippen LogP contribution in [0.2, 0.25) is 0 Å². The molecule has 33 heavy (non-hydrogen) atoms. The summed E-state index contributed by atoms with van der Waals surface area (Å²) in [5.41, 5.74) is 2.82. The highest BCUT2D eigenvalue weighted by molar-refractivity contribution is 6.05. The first kappa shape index (κ1) is 22.2. The van der Waals surface area contributed by atoms with Crippen molar-refractivity contribution in [2.75, 3.05) is 37.5 Å². The molecule has 1 N–H and O–H groups in total. The van der Waals surface area contributed by atoms with Gasteiger partial charge >= 0.3 is 6.03 Å². The molecule has 7 nitrogen and oxygen atoms in total. The van der Waals surface area contributed by atoms with Gasteiger partial charge in [-0.3, -0.25) is 9.69 Å². The van der Waals surface area contributed by atoms with Gasteiger partial charge in [0.05, 0.1) is 19.9 Å². The zero-order valence-corrected chi connectivity index (χ0v) is 18.8. The number of urea groups is 1. The minimum Gasteiger partial charge on any atom is -0.497 e. The number of hydrogen-bond acceptors (Lipinski definition) is 4. The average molecular weight is 446 g/mol. The Morgan fingerprint density at radius 2 is 1.70 bits per heavy atom. The molecular formula is C26H27N3O4. The van der Waals surface area contributed by atoms with Crippen molar-refractivity contribution >= 4 is 23.3 Å². The Kier molecular flexibility index (Phi) is 6.78. The van der Waals surface area contributed by atoms with Crippen molar-refractivity contribution in [2.24, 2.45) is 0 Å². The number of methoxy groups -OCH3 is 2. The number of rotatable bonds is 7. The number of carbonyl (C=O) groups is 2. The topological polar surface area (TPSA) is 71.1 Å². The number of nitrogens with one attached hydrogen (secondary N) is 1. The van der Waals surface area contributed by atoms with Gasteiger partial charge in [-0.15, -0.1) is 0 Å². The molecule has 0 radical (unpaired) electrons. The van der Waals surface area contributed by atoms with E-state index in [9.17, 15) is 9.59 Å². The van der Waals surface area contributed by atoms with Gasteiger partial charge in [-0.2, -0.15) is 0 Å². The molecule has 3 aromatic rings. The molecule has 3 amide bonds. The minimum atomic E-state index is -0.210. The second-order valence-electron chi connectivity index (χ2n) is 7.76. The smallest absolute Gasteiger partial charge is 0.324 e. The molecule has 3 aromatic carbocycles. The summed E-state index contributed by atoms with van der Waals surface area (Å²) in [7, 11) is 3.20. The largest absolute Gasteiger partial charge is 0.497 e. The SMILES string of the molecule is COc1ccc(CN2CCCN(c3cc(NC(=O)c4ccccc4)ccc3OC)C2=O)cc1. The molecule has 0 unspecified atom stereocenters. The van der Waals surface area contributed by atoms with Gasteiger partial charge in [0.2, 0.25) is 0 Å². The van der Waals surface area contributed by atoms with Crippen LogP contribution >= 0.6 is 0 Å². The summed E-state index contributed by atoms with van der Waals surface area (Å²) in [6.07, 6.45) is 0.825. The Hall–Kier alpha value is -4.00. The van der Waals surface area contributed by atoms with Crippen molar-refractivity contribution in [3.8, 4) is 11.5 Å². The van der Waals surface area contributed by atoms with E-state index in [0.29, 0.717) is 42.3 Å². The van der Waals surface area contributed by atoms with E-state index in [1.54, 1.807) is 49.5 Å². The maximum atomic E-state index is 13.4. The molecule has 1 aliphatic heterocycles. The van der Waals surface area contributed by atoms with Crippen molar-refractivity contribution < 1.29 is 19.1 Å². The van der Waals surface area contributed by atoms with Crippen molar-refractivity contribution in [3.05, 3.63) is 83.9 Å². The van der Waals surface area contributed by atoms with E-state index in [-0.39, 0.29) is 11.9 Å². The molecule has 0 bridgehead atoms. The second-order valence-corrected chi connectivity index (χ2v) is 7.76. The van der Waals surface area contributed by atoms with Crippen LogP contribution in [0, 0.1) is 0 Å². The Morgan fingerprint density at radius 3 is 2.39 bits per heavy atom. The number of hydrogen-bond donors (Lipinski definition) is 1. The summed E-state index contributed by atoms with van der Waals surface area (Å²) in [5.74, 6) is 1.15. The van der Waals surface area contributed by atoms with Gasteiger partial charge in [0.15, 0.2) is 0 Å². The first-order valence-electron chi connectivity index (χ1n) is 10.8. The first-order chi connectivity index (χ1) is 16.1. The lowest BCUT2D eigenvalue weighted by molar-refractivity contribution is 0.102. The normalized spacial score (nSPS) is 13.6.